The van der Waals surface area contributed by atoms with E-state index in [9.17, 15) is 33.6 Å². The van der Waals surface area contributed by atoms with Crippen molar-refractivity contribution in [3.05, 3.63) is 65.9 Å². The predicted octanol–water partition coefficient (Wildman–Crippen LogP) is 2.98. The van der Waals surface area contributed by atoms with E-state index in [1.165, 1.54) is 6.20 Å². The molecule has 1 heterocycles. The first-order valence-electron chi connectivity index (χ1n) is 14.1. The quantitative estimate of drug-likeness (QED) is 0.130. The van der Waals surface area contributed by atoms with Crippen molar-refractivity contribution in [1.29, 1.82) is 0 Å². The number of benzene rings is 2. The number of aryl methyl sites for hydroxylation is 1. The molecule has 0 saturated carbocycles. The van der Waals surface area contributed by atoms with Gasteiger partial charge in [-0.3, -0.25) is 28.8 Å². The smallest absolute Gasteiger partial charge is 0.305 e. The maximum Gasteiger partial charge on any atom is 0.305 e. The van der Waals surface area contributed by atoms with Gasteiger partial charge in [-0.1, -0.05) is 57.2 Å². The van der Waals surface area contributed by atoms with Gasteiger partial charge in [0.25, 0.3) is 11.7 Å². The number of para-hydroxylation sites is 2. The SMILES string of the molecule is CC(=O)C(C)C.CCC(NC(=O)C(=O)c1c[nH]c2ccccc12)C(=O)N(CC(=O)NC(C=O)CC(=O)O)c1ccccc1C. The van der Waals surface area contributed by atoms with Crippen molar-refractivity contribution in [2.24, 2.45) is 5.92 Å². The van der Waals surface area contributed by atoms with Gasteiger partial charge in [-0.2, -0.15) is 0 Å². The summed E-state index contributed by atoms with van der Waals surface area (Å²) < 4.78 is 0. The number of hydrogen-bond donors (Lipinski definition) is 4. The lowest BCUT2D eigenvalue weighted by atomic mass is 10.1. The van der Waals surface area contributed by atoms with E-state index in [4.69, 9.17) is 5.11 Å². The second kappa shape index (κ2) is 16.5. The summed E-state index contributed by atoms with van der Waals surface area (Å²) in [5, 5.41) is 14.3. The Bertz CT molecular complexity index is 1530. The minimum absolute atomic E-state index is 0.117. The van der Waals surface area contributed by atoms with Gasteiger partial charge in [-0.25, -0.2) is 0 Å². The van der Waals surface area contributed by atoms with Crippen molar-refractivity contribution in [3.8, 4) is 0 Å². The number of anilines is 1. The number of carbonyl (C=O) groups is 7. The molecular formula is C32H38N4O8. The predicted molar refractivity (Wildman–Crippen MR) is 164 cm³/mol. The summed E-state index contributed by atoms with van der Waals surface area (Å²) in [6, 6.07) is 11.3. The minimum Gasteiger partial charge on any atom is -0.481 e. The Morgan fingerprint density at radius 2 is 1.59 bits per heavy atom. The molecular weight excluding hydrogens is 568 g/mol. The van der Waals surface area contributed by atoms with Crippen LogP contribution in [0.25, 0.3) is 10.9 Å². The normalized spacial score (nSPS) is 11.9. The molecule has 12 heteroatoms. The molecule has 3 amide bonds. The second-order valence-electron chi connectivity index (χ2n) is 10.4. The fraction of sp³-hybridized carbons (Fsp3) is 0.344. The highest BCUT2D eigenvalue weighted by atomic mass is 16.4. The molecule has 4 N–H and O–H groups in total. The van der Waals surface area contributed by atoms with E-state index in [0.29, 0.717) is 28.4 Å². The van der Waals surface area contributed by atoms with Gasteiger partial charge in [0.1, 0.15) is 24.7 Å². The maximum atomic E-state index is 13.6. The molecule has 1 aromatic heterocycles. The number of carboxylic acids is 1. The molecule has 234 valence electrons. The Morgan fingerprint density at radius 1 is 0.977 bits per heavy atom. The van der Waals surface area contributed by atoms with E-state index in [0.717, 1.165) is 4.90 Å². The number of fused-ring (bicyclic) bond motifs is 1. The summed E-state index contributed by atoms with van der Waals surface area (Å²) in [6.45, 7) is 8.21. The number of nitrogens with zero attached hydrogens (tertiary/aromatic N) is 1. The number of aldehydes is 1. The van der Waals surface area contributed by atoms with Crippen molar-refractivity contribution in [2.75, 3.05) is 11.4 Å². The molecule has 2 aromatic carbocycles. The molecule has 3 rings (SSSR count). The number of nitrogens with one attached hydrogen (secondary N) is 3. The van der Waals surface area contributed by atoms with Crippen LogP contribution < -0.4 is 15.5 Å². The van der Waals surface area contributed by atoms with Gasteiger partial charge in [-0.15, -0.1) is 0 Å². The van der Waals surface area contributed by atoms with Crippen LogP contribution in [0, 0.1) is 12.8 Å². The highest BCUT2D eigenvalue weighted by Gasteiger charge is 2.31. The van der Waals surface area contributed by atoms with Crippen LogP contribution in [0.4, 0.5) is 5.69 Å². The third-order valence-corrected chi connectivity index (χ3v) is 6.74. The summed E-state index contributed by atoms with van der Waals surface area (Å²) in [5.74, 6) is -4.03. The number of ketones is 2. The first-order chi connectivity index (χ1) is 20.8. The fourth-order valence-corrected chi connectivity index (χ4v) is 4.00. The second-order valence-corrected chi connectivity index (χ2v) is 10.4. The van der Waals surface area contributed by atoms with Crippen LogP contribution in [0.2, 0.25) is 0 Å². The fourth-order valence-electron chi connectivity index (χ4n) is 4.00. The van der Waals surface area contributed by atoms with E-state index >= 15 is 0 Å². The van der Waals surface area contributed by atoms with Gasteiger partial charge in [-0.05, 0) is 38.0 Å². The molecule has 12 nitrogen and oxygen atoms in total. The minimum atomic E-state index is -1.28. The zero-order valence-corrected chi connectivity index (χ0v) is 25.4. The number of Topliss-reactive ketones (excluding diaryl/α,β-unsaturated/α-hetero) is 2. The van der Waals surface area contributed by atoms with E-state index < -0.39 is 54.5 Å². The van der Waals surface area contributed by atoms with Gasteiger partial charge in [0.15, 0.2) is 0 Å². The number of carbonyl (C=O) groups excluding carboxylic acids is 6. The standard InChI is InChI=1S/C27H28N4O7.C5H10O/c1-3-20(30-26(37)25(36)19-13-28-21-10-6-5-9-18(19)21)27(38)31(22-11-7-4-8-16(22)2)14-23(33)29-17(15-32)12-24(34)35;1-4(2)5(3)6/h4-11,13,15,17,20,28H,3,12,14H2,1-2H3,(H,29,33)(H,30,37)(H,34,35);4H,1-3H3. The largest absolute Gasteiger partial charge is 0.481 e. The van der Waals surface area contributed by atoms with Crippen LogP contribution in [0.1, 0.15) is 56.5 Å². The molecule has 0 aliphatic carbocycles. The summed E-state index contributed by atoms with van der Waals surface area (Å²) in [7, 11) is 0. The van der Waals surface area contributed by atoms with Crippen molar-refractivity contribution in [1.82, 2.24) is 15.6 Å². The van der Waals surface area contributed by atoms with E-state index in [1.807, 2.05) is 13.8 Å². The Hall–Kier alpha value is -5.13. The van der Waals surface area contributed by atoms with Crippen LogP contribution in [-0.2, 0) is 28.8 Å². The molecule has 0 fully saturated rings. The number of aliphatic carboxylic acids is 1. The summed E-state index contributed by atoms with van der Waals surface area (Å²) in [5.41, 5.74) is 1.88. The highest BCUT2D eigenvalue weighted by Crippen LogP contribution is 2.22. The lowest BCUT2D eigenvalue weighted by Crippen LogP contribution is -2.53. The number of H-pyrrole nitrogens is 1. The Labute approximate surface area is 255 Å². The summed E-state index contributed by atoms with van der Waals surface area (Å²) in [6.07, 6.45) is 1.24. The Kier molecular flexibility index (Phi) is 13.1. The number of aromatic nitrogens is 1. The van der Waals surface area contributed by atoms with Gasteiger partial charge in [0.05, 0.1) is 18.0 Å². The Morgan fingerprint density at radius 3 is 2.16 bits per heavy atom. The van der Waals surface area contributed by atoms with Crippen LogP contribution in [-0.4, -0.2) is 70.3 Å². The molecule has 44 heavy (non-hydrogen) atoms. The van der Waals surface area contributed by atoms with Gasteiger partial charge >= 0.3 is 5.97 Å². The van der Waals surface area contributed by atoms with Crippen LogP contribution in [0.15, 0.2) is 54.7 Å². The molecule has 2 unspecified atom stereocenters. The van der Waals surface area contributed by atoms with Gasteiger partial charge in [0.2, 0.25) is 11.8 Å². The maximum absolute atomic E-state index is 13.6. The third-order valence-electron chi connectivity index (χ3n) is 6.74. The van der Waals surface area contributed by atoms with Crippen LogP contribution >= 0.6 is 0 Å². The van der Waals surface area contributed by atoms with E-state index in [2.05, 4.69) is 15.6 Å². The zero-order valence-electron chi connectivity index (χ0n) is 25.4. The molecule has 0 radical (unpaired) electrons. The number of rotatable bonds is 13. The molecule has 0 aliphatic heterocycles. The number of carboxylic acid groups (broad SMARTS) is 1. The molecule has 0 spiro atoms. The molecule has 3 aromatic rings. The summed E-state index contributed by atoms with van der Waals surface area (Å²) in [4.78, 5) is 88.5. The number of amides is 3. The van der Waals surface area contributed by atoms with Crippen molar-refractivity contribution >= 4 is 58.1 Å². The molecule has 2 atom stereocenters. The average molecular weight is 607 g/mol. The van der Waals surface area contributed by atoms with Crippen molar-refractivity contribution in [3.63, 3.8) is 0 Å². The molecule has 0 bridgehead atoms. The van der Waals surface area contributed by atoms with Gasteiger partial charge < -0.3 is 30.4 Å². The van der Waals surface area contributed by atoms with Crippen molar-refractivity contribution in [2.45, 2.75) is 59.5 Å². The molecule has 0 aliphatic rings. The Balaban J connectivity index is 0.00000102. The van der Waals surface area contributed by atoms with E-state index in [-0.39, 0.29) is 23.7 Å². The summed E-state index contributed by atoms with van der Waals surface area (Å²) >= 11 is 0. The average Bonchev–Trinajstić information content (AvgIpc) is 3.42. The number of aromatic amines is 1. The van der Waals surface area contributed by atoms with Gasteiger partial charge in [0, 0.05) is 28.7 Å². The monoisotopic (exact) mass is 606 g/mol. The third kappa shape index (κ3) is 9.72. The first kappa shape index (κ1) is 35.1. The van der Waals surface area contributed by atoms with E-state index in [1.54, 1.807) is 69.3 Å². The topological polar surface area (TPSA) is 183 Å². The zero-order chi connectivity index (χ0) is 33.0. The lowest BCUT2D eigenvalue weighted by molar-refractivity contribution is -0.139. The first-order valence-corrected chi connectivity index (χ1v) is 14.1. The van der Waals surface area contributed by atoms with Crippen LogP contribution in [0.5, 0.6) is 0 Å². The van der Waals surface area contributed by atoms with Crippen molar-refractivity contribution < 1.29 is 38.7 Å². The lowest BCUT2D eigenvalue weighted by Gasteiger charge is -2.28. The molecule has 0 saturated heterocycles. The van der Waals surface area contributed by atoms with Crippen LogP contribution in [0.3, 0.4) is 0 Å². The number of hydrogen-bond acceptors (Lipinski definition) is 7. The highest BCUT2D eigenvalue weighted by molar-refractivity contribution is 6.45.